The van der Waals surface area contributed by atoms with Crippen LogP contribution in [0.25, 0.3) is 0 Å². The Morgan fingerprint density at radius 1 is 1.44 bits per heavy atom. The lowest BCUT2D eigenvalue weighted by Crippen LogP contribution is -2.20. The van der Waals surface area contributed by atoms with E-state index in [1.165, 1.54) is 12.0 Å². The molecular formula is C15H20O. The molecule has 1 fully saturated rings. The number of aryl methyl sites for hydroxylation is 1. The van der Waals surface area contributed by atoms with E-state index >= 15 is 0 Å². The van der Waals surface area contributed by atoms with Crippen molar-refractivity contribution in [3.63, 3.8) is 0 Å². The Morgan fingerprint density at radius 2 is 2.12 bits per heavy atom. The van der Waals surface area contributed by atoms with E-state index in [-0.39, 0.29) is 5.41 Å². The lowest BCUT2D eigenvalue weighted by atomic mass is 9.76. The minimum absolute atomic E-state index is 0.0444. The minimum atomic E-state index is -0.0444. The van der Waals surface area contributed by atoms with E-state index in [9.17, 15) is 5.11 Å². The zero-order valence-corrected chi connectivity index (χ0v) is 10.4. The van der Waals surface area contributed by atoms with Gasteiger partial charge in [-0.3, -0.25) is 0 Å². The van der Waals surface area contributed by atoms with Crippen LogP contribution in [0.4, 0.5) is 0 Å². The third-order valence-corrected chi connectivity index (χ3v) is 4.13. The monoisotopic (exact) mass is 216 g/mol. The quantitative estimate of drug-likeness (QED) is 0.705. The van der Waals surface area contributed by atoms with E-state index in [1.54, 1.807) is 0 Å². The van der Waals surface area contributed by atoms with Crippen molar-refractivity contribution in [3.8, 4) is 5.75 Å². The van der Waals surface area contributed by atoms with Crippen molar-refractivity contribution in [2.75, 3.05) is 0 Å². The highest BCUT2D eigenvalue weighted by molar-refractivity contribution is 5.47. The van der Waals surface area contributed by atoms with Crippen molar-refractivity contribution < 1.29 is 5.11 Å². The summed E-state index contributed by atoms with van der Waals surface area (Å²) in [4.78, 5) is 0. The normalized spacial score (nSPS) is 29.7. The van der Waals surface area contributed by atoms with Crippen LogP contribution in [-0.4, -0.2) is 5.11 Å². The first-order valence-corrected chi connectivity index (χ1v) is 5.94. The Kier molecular flexibility index (Phi) is 2.57. The van der Waals surface area contributed by atoms with Crippen molar-refractivity contribution in [2.24, 2.45) is 5.92 Å². The van der Waals surface area contributed by atoms with Gasteiger partial charge in [0.15, 0.2) is 0 Å². The van der Waals surface area contributed by atoms with Crippen LogP contribution in [0.1, 0.15) is 37.8 Å². The number of phenolic OH excluding ortho intramolecular Hbond substituents is 1. The Labute approximate surface area is 97.8 Å². The number of benzene rings is 1. The van der Waals surface area contributed by atoms with Gasteiger partial charge in [-0.05, 0) is 37.3 Å². The van der Waals surface area contributed by atoms with Crippen molar-refractivity contribution in [3.05, 3.63) is 41.5 Å². The Bertz CT molecular complexity index is 433. The molecule has 0 unspecified atom stereocenters. The largest absolute Gasteiger partial charge is 0.508 e. The van der Waals surface area contributed by atoms with E-state index in [0.717, 1.165) is 17.5 Å². The number of rotatable bonds is 1. The van der Waals surface area contributed by atoms with Gasteiger partial charge < -0.3 is 5.11 Å². The van der Waals surface area contributed by atoms with Gasteiger partial charge in [-0.2, -0.15) is 0 Å². The summed E-state index contributed by atoms with van der Waals surface area (Å²) in [6.45, 7) is 10.6. The Morgan fingerprint density at radius 3 is 2.62 bits per heavy atom. The molecule has 1 aliphatic rings. The molecule has 0 spiro atoms. The molecular weight excluding hydrogens is 196 g/mol. The van der Waals surface area contributed by atoms with Crippen molar-refractivity contribution in [1.82, 2.24) is 0 Å². The first-order valence-electron chi connectivity index (χ1n) is 5.94. The fourth-order valence-corrected chi connectivity index (χ4v) is 2.80. The molecule has 0 bridgehead atoms. The second kappa shape index (κ2) is 3.65. The molecule has 1 nitrogen and oxygen atoms in total. The molecule has 0 aromatic heterocycles. The van der Waals surface area contributed by atoms with Crippen LogP contribution < -0.4 is 0 Å². The average Bonchev–Trinajstić information content (AvgIpc) is 2.47. The summed E-state index contributed by atoms with van der Waals surface area (Å²) in [5.41, 5.74) is 3.35. The maximum Gasteiger partial charge on any atom is 0.119 e. The molecule has 1 saturated carbocycles. The molecule has 86 valence electrons. The summed E-state index contributed by atoms with van der Waals surface area (Å²) in [6.07, 6.45) is 2.26. The van der Waals surface area contributed by atoms with Gasteiger partial charge in [0.2, 0.25) is 0 Å². The van der Waals surface area contributed by atoms with Gasteiger partial charge in [-0.1, -0.05) is 38.1 Å². The molecule has 0 saturated heterocycles. The van der Waals surface area contributed by atoms with E-state index in [2.05, 4.69) is 26.5 Å². The van der Waals surface area contributed by atoms with Crippen LogP contribution in [0, 0.1) is 12.8 Å². The molecule has 1 aliphatic carbocycles. The molecule has 1 aromatic carbocycles. The molecule has 0 radical (unpaired) electrons. The maximum absolute atomic E-state index is 10.1. The molecule has 1 heteroatoms. The number of phenols is 1. The molecule has 2 rings (SSSR count). The maximum atomic E-state index is 10.1. The molecule has 2 atom stereocenters. The van der Waals surface area contributed by atoms with Crippen molar-refractivity contribution in [1.29, 1.82) is 0 Å². The average molecular weight is 216 g/mol. The van der Waals surface area contributed by atoms with Crippen molar-refractivity contribution in [2.45, 2.75) is 39.0 Å². The number of allylic oxidation sites excluding steroid dienone is 1. The number of hydrogen-bond acceptors (Lipinski definition) is 1. The first kappa shape index (κ1) is 11.3. The SMILES string of the molecule is C=C1[C@@H](C)CC[C@@]1(C)c1ccc(C)cc1O. The van der Waals surface area contributed by atoms with Crippen LogP contribution in [-0.2, 0) is 5.41 Å². The van der Waals surface area contributed by atoms with E-state index in [4.69, 9.17) is 0 Å². The van der Waals surface area contributed by atoms with E-state index < -0.39 is 0 Å². The zero-order valence-electron chi connectivity index (χ0n) is 10.4. The highest BCUT2D eigenvalue weighted by Gasteiger charge is 2.39. The Balaban J connectivity index is 2.48. The van der Waals surface area contributed by atoms with Gasteiger partial charge in [0.05, 0.1) is 0 Å². The highest BCUT2D eigenvalue weighted by Crippen LogP contribution is 2.49. The second-order valence-electron chi connectivity index (χ2n) is 5.32. The zero-order chi connectivity index (χ0) is 11.9. The fourth-order valence-electron chi connectivity index (χ4n) is 2.80. The number of hydrogen-bond donors (Lipinski definition) is 1. The summed E-state index contributed by atoms with van der Waals surface area (Å²) in [6, 6.07) is 5.96. The topological polar surface area (TPSA) is 20.2 Å². The highest BCUT2D eigenvalue weighted by atomic mass is 16.3. The van der Waals surface area contributed by atoms with Crippen LogP contribution in [0.2, 0.25) is 0 Å². The van der Waals surface area contributed by atoms with Gasteiger partial charge in [0.1, 0.15) is 5.75 Å². The summed E-state index contributed by atoms with van der Waals surface area (Å²) in [5.74, 6) is 0.975. The molecule has 1 N–H and O–H groups in total. The molecule has 1 aromatic rings. The molecule has 0 aliphatic heterocycles. The summed E-state index contributed by atoms with van der Waals surface area (Å²) >= 11 is 0. The van der Waals surface area contributed by atoms with E-state index in [1.807, 2.05) is 19.1 Å². The van der Waals surface area contributed by atoms with Crippen molar-refractivity contribution >= 4 is 0 Å². The molecule has 0 amide bonds. The third-order valence-electron chi connectivity index (χ3n) is 4.13. The minimum Gasteiger partial charge on any atom is -0.508 e. The van der Waals surface area contributed by atoms with Gasteiger partial charge in [0.25, 0.3) is 0 Å². The van der Waals surface area contributed by atoms with Crippen LogP contribution in [0.15, 0.2) is 30.4 Å². The summed E-state index contributed by atoms with van der Waals surface area (Å²) < 4.78 is 0. The first-order chi connectivity index (χ1) is 7.45. The summed E-state index contributed by atoms with van der Waals surface area (Å²) in [5, 5.41) is 10.1. The lowest BCUT2D eigenvalue weighted by Gasteiger charge is -2.28. The van der Waals surface area contributed by atoms with E-state index in [0.29, 0.717) is 11.7 Å². The fraction of sp³-hybridized carbons (Fsp3) is 0.467. The smallest absolute Gasteiger partial charge is 0.119 e. The lowest BCUT2D eigenvalue weighted by molar-refractivity contribution is 0.445. The van der Waals surface area contributed by atoms with Gasteiger partial charge in [-0.25, -0.2) is 0 Å². The van der Waals surface area contributed by atoms with Crippen LogP contribution >= 0.6 is 0 Å². The summed E-state index contributed by atoms with van der Waals surface area (Å²) in [7, 11) is 0. The second-order valence-corrected chi connectivity index (χ2v) is 5.32. The van der Waals surface area contributed by atoms with Crippen LogP contribution in [0.3, 0.4) is 0 Å². The van der Waals surface area contributed by atoms with Gasteiger partial charge in [0, 0.05) is 11.0 Å². The molecule has 0 heterocycles. The predicted octanol–water partition coefficient (Wildman–Crippen LogP) is 3.94. The van der Waals surface area contributed by atoms with Crippen LogP contribution in [0.5, 0.6) is 5.75 Å². The number of aromatic hydroxyl groups is 1. The third kappa shape index (κ3) is 1.55. The predicted molar refractivity (Wildman–Crippen MR) is 67.7 cm³/mol. The Hall–Kier alpha value is -1.24. The standard InChI is InChI=1S/C15H20O/c1-10-5-6-13(14(16)9-10)15(4)8-7-11(2)12(15)3/h5-6,9,11,16H,3,7-8H2,1-2,4H3/t11-,15+/m0/s1. The molecule has 16 heavy (non-hydrogen) atoms. The van der Waals surface area contributed by atoms with Gasteiger partial charge >= 0.3 is 0 Å². The van der Waals surface area contributed by atoms with Gasteiger partial charge in [-0.15, -0.1) is 0 Å².